The first-order valence-electron chi connectivity index (χ1n) is 5.18. The minimum Gasteiger partial charge on any atom is -0.352 e. The van der Waals surface area contributed by atoms with Crippen LogP contribution in [0.25, 0.3) is 10.4 Å². The topological polar surface area (TPSA) is 77.9 Å². The number of carbonyl (C=O) groups is 1. The number of nitrogens with one attached hydrogen (secondary N) is 1. The summed E-state index contributed by atoms with van der Waals surface area (Å²) in [4.78, 5) is 14.2. The van der Waals surface area contributed by atoms with E-state index in [0.717, 1.165) is 12.8 Å². The Hall–Kier alpha value is -2.00. The lowest BCUT2D eigenvalue weighted by Crippen LogP contribution is -2.24. The first-order chi connectivity index (χ1) is 7.84. The third-order valence-corrected chi connectivity index (χ3v) is 2.07. The Balaban J connectivity index is 2.18. The summed E-state index contributed by atoms with van der Waals surface area (Å²) in [6.45, 7) is 1.09. The van der Waals surface area contributed by atoms with Crippen molar-refractivity contribution >= 4 is 5.91 Å². The van der Waals surface area contributed by atoms with Gasteiger partial charge in [0, 0.05) is 23.6 Å². The molecule has 0 aliphatic heterocycles. The van der Waals surface area contributed by atoms with E-state index in [4.69, 9.17) is 5.53 Å². The summed E-state index contributed by atoms with van der Waals surface area (Å²) in [6, 6.07) is 9.08. The van der Waals surface area contributed by atoms with Gasteiger partial charge in [-0.3, -0.25) is 4.79 Å². The zero-order chi connectivity index (χ0) is 11.6. The summed E-state index contributed by atoms with van der Waals surface area (Å²) in [5.74, 6) is -0.0654. The van der Waals surface area contributed by atoms with Gasteiger partial charge in [-0.1, -0.05) is 23.3 Å². The second-order valence-electron chi connectivity index (χ2n) is 3.28. The maximum Gasteiger partial charge on any atom is 0.251 e. The van der Waals surface area contributed by atoms with Crippen molar-refractivity contribution in [2.45, 2.75) is 12.8 Å². The molecule has 1 aromatic carbocycles. The highest BCUT2D eigenvalue weighted by molar-refractivity contribution is 5.94. The highest BCUT2D eigenvalue weighted by Crippen LogP contribution is 1.98. The lowest BCUT2D eigenvalue weighted by molar-refractivity contribution is 0.0953. The van der Waals surface area contributed by atoms with Gasteiger partial charge in [0.15, 0.2) is 0 Å². The minimum absolute atomic E-state index is 0.0654. The van der Waals surface area contributed by atoms with Gasteiger partial charge in [0.1, 0.15) is 0 Å². The molecule has 0 saturated carbocycles. The molecule has 0 spiro atoms. The van der Waals surface area contributed by atoms with Gasteiger partial charge >= 0.3 is 0 Å². The number of rotatable bonds is 6. The standard InChI is InChI=1S/C11H14N4O/c12-15-14-9-5-4-8-13-11(16)10-6-2-1-3-7-10/h1-3,6-7H,4-5,8-9H2,(H,13,16). The Labute approximate surface area is 94.1 Å². The second kappa shape index (κ2) is 7.31. The number of unbranched alkanes of at least 4 members (excludes halogenated alkanes) is 1. The van der Waals surface area contributed by atoms with Crippen LogP contribution in [-0.2, 0) is 0 Å². The van der Waals surface area contributed by atoms with Gasteiger partial charge in [-0.2, -0.15) is 0 Å². The Bertz CT molecular complexity index is 371. The molecule has 1 aromatic rings. The molecule has 16 heavy (non-hydrogen) atoms. The van der Waals surface area contributed by atoms with Crippen molar-refractivity contribution in [1.82, 2.24) is 5.32 Å². The zero-order valence-corrected chi connectivity index (χ0v) is 8.97. The number of benzene rings is 1. The average molecular weight is 218 g/mol. The fraction of sp³-hybridized carbons (Fsp3) is 0.364. The molecule has 5 nitrogen and oxygen atoms in total. The number of hydrogen-bond donors (Lipinski definition) is 1. The lowest BCUT2D eigenvalue weighted by Gasteiger charge is -2.03. The molecule has 0 aliphatic carbocycles. The van der Waals surface area contributed by atoms with E-state index in [9.17, 15) is 4.79 Å². The number of amides is 1. The van der Waals surface area contributed by atoms with Crippen molar-refractivity contribution in [3.8, 4) is 0 Å². The van der Waals surface area contributed by atoms with Gasteiger partial charge in [-0.05, 0) is 30.5 Å². The van der Waals surface area contributed by atoms with Crippen molar-refractivity contribution in [2.24, 2.45) is 5.11 Å². The fourth-order valence-electron chi connectivity index (χ4n) is 1.25. The van der Waals surface area contributed by atoms with Crippen LogP contribution < -0.4 is 5.32 Å². The first kappa shape index (κ1) is 12.1. The van der Waals surface area contributed by atoms with Crippen LogP contribution in [0.15, 0.2) is 35.4 Å². The molecule has 0 bridgehead atoms. The molecule has 0 radical (unpaired) electrons. The molecule has 0 aromatic heterocycles. The van der Waals surface area contributed by atoms with Crippen LogP contribution >= 0.6 is 0 Å². The molecular weight excluding hydrogens is 204 g/mol. The van der Waals surface area contributed by atoms with E-state index in [2.05, 4.69) is 15.3 Å². The summed E-state index contributed by atoms with van der Waals surface area (Å²) < 4.78 is 0. The van der Waals surface area contributed by atoms with Gasteiger partial charge in [0.2, 0.25) is 0 Å². The van der Waals surface area contributed by atoms with Crippen molar-refractivity contribution in [3.63, 3.8) is 0 Å². The van der Waals surface area contributed by atoms with E-state index >= 15 is 0 Å². The summed E-state index contributed by atoms with van der Waals surface area (Å²) in [5, 5.41) is 6.22. The van der Waals surface area contributed by atoms with Crippen LogP contribution in [0.1, 0.15) is 23.2 Å². The highest BCUT2D eigenvalue weighted by atomic mass is 16.1. The van der Waals surface area contributed by atoms with E-state index in [0.29, 0.717) is 18.7 Å². The fourth-order valence-corrected chi connectivity index (χ4v) is 1.25. The quantitative estimate of drug-likeness (QED) is 0.338. The van der Waals surface area contributed by atoms with E-state index in [1.165, 1.54) is 0 Å². The largest absolute Gasteiger partial charge is 0.352 e. The number of azide groups is 1. The second-order valence-corrected chi connectivity index (χ2v) is 3.28. The number of carbonyl (C=O) groups excluding carboxylic acids is 1. The molecule has 1 rings (SSSR count). The predicted molar refractivity (Wildman–Crippen MR) is 62.0 cm³/mol. The number of hydrogen-bond acceptors (Lipinski definition) is 2. The molecule has 0 unspecified atom stereocenters. The first-order valence-corrected chi connectivity index (χ1v) is 5.18. The predicted octanol–water partition coefficient (Wildman–Crippen LogP) is 2.51. The molecule has 1 N–H and O–H groups in total. The minimum atomic E-state index is -0.0654. The summed E-state index contributed by atoms with van der Waals surface area (Å²) in [5.41, 5.74) is 8.71. The molecule has 0 heterocycles. The Morgan fingerprint density at radius 3 is 2.75 bits per heavy atom. The van der Waals surface area contributed by atoms with Crippen LogP contribution in [0.5, 0.6) is 0 Å². The number of nitrogens with zero attached hydrogens (tertiary/aromatic N) is 3. The summed E-state index contributed by atoms with van der Waals surface area (Å²) in [7, 11) is 0. The molecule has 0 saturated heterocycles. The van der Waals surface area contributed by atoms with Crippen molar-refractivity contribution in [2.75, 3.05) is 13.1 Å². The van der Waals surface area contributed by atoms with Crippen molar-refractivity contribution in [3.05, 3.63) is 46.3 Å². The molecule has 1 amide bonds. The maximum absolute atomic E-state index is 11.5. The lowest BCUT2D eigenvalue weighted by atomic mass is 10.2. The van der Waals surface area contributed by atoms with E-state index < -0.39 is 0 Å². The molecule has 0 fully saturated rings. The third-order valence-electron chi connectivity index (χ3n) is 2.07. The maximum atomic E-state index is 11.5. The monoisotopic (exact) mass is 218 g/mol. The molecule has 0 atom stereocenters. The van der Waals surface area contributed by atoms with E-state index in [1.807, 2.05) is 18.2 Å². The van der Waals surface area contributed by atoms with Gasteiger partial charge in [-0.15, -0.1) is 0 Å². The SMILES string of the molecule is [N-]=[N+]=NCCCCNC(=O)c1ccccc1. The smallest absolute Gasteiger partial charge is 0.251 e. The summed E-state index contributed by atoms with van der Waals surface area (Å²) >= 11 is 0. The van der Waals surface area contributed by atoms with Gasteiger partial charge in [0.25, 0.3) is 5.91 Å². The van der Waals surface area contributed by atoms with Crippen molar-refractivity contribution < 1.29 is 4.79 Å². The van der Waals surface area contributed by atoms with Crippen LogP contribution in [0.3, 0.4) is 0 Å². The van der Waals surface area contributed by atoms with Crippen molar-refractivity contribution in [1.29, 1.82) is 0 Å². The Kier molecular flexibility index (Phi) is 5.52. The van der Waals surface area contributed by atoms with E-state index in [-0.39, 0.29) is 5.91 Å². The molecule has 0 aliphatic rings. The normalized spacial score (nSPS) is 9.25. The van der Waals surface area contributed by atoms with Gasteiger partial charge < -0.3 is 5.32 Å². The average Bonchev–Trinajstić information content (AvgIpc) is 2.34. The molecule has 84 valence electrons. The van der Waals surface area contributed by atoms with Crippen LogP contribution in [0.4, 0.5) is 0 Å². The molecule has 5 heteroatoms. The van der Waals surface area contributed by atoms with Crippen LogP contribution in [0, 0.1) is 0 Å². The van der Waals surface area contributed by atoms with Gasteiger partial charge in [0.05, 0.1) is 0 Å². The molecular formula is C11H14N4O. The Morgan fingerprint density at radius 2 is 2.06 bits per heavy atom. The summed E-state index contributed by atoms with van der Waals surface area (Å²) in [6.07, 6.45) is 1.61. The Morgan fingerprint density at radius 1 is 1.31 bits per heavy atom. The van der Waals surface area contributed by atoms with Crippen LogP contribution in [0.2, 0.25) is 0 Å². The van der Waals surface area contributed by atoms with Gasteiger partial charge in [-0.25, -0.2) is 0 Å². The third kappa shape index (κ3) is 4.48. The zero-order valence-electron chi connectivity index (χ0n) is 8.97. The van der Waals surface area contributed by atoms with Crippen LogP contribution in [-0.4, -0.2) is 19.0 Å². The van der Waals surface area contributed by atoms with E-state index in [1.54, 1.807) is 12.1 Å². The highest BCUT2D eigenvalue weighted by Gasteiger charge is 2.01.